The molecule has 3 aliphatic heterocycles. The monoisotopic (exact) mass is 419 g/mol. The van der Waals surface area contributed by atoms with Crippen molar-refractivity contribution < 1.29 is 0 Å². The van der Waals surface area contributed by atoms with Crippen molar-refractivity contribution in [3.8, 4) is 0 Å². The van der Waals surface area contributed by atoms with Crippen molar-refractivity contribution in [1.29, 1.82) is 0 Å². The van der Waals surface area contributed by atoms with Crippen molar-refractivity contribution in [1.82, 2.24) is 34.8 Å². The van der Waals surface area contributed by atoms with Gasteiger partial charge in [-0.05, 0) is 42.8 Å². The molecule has 2 atom stereocenters. The predicted molar refractivity (Wildman–Crippen MR) is 116 cm³/mol. The van der Waals surface area contributed by atoms with Gasteiger partial charge in [0.1, 0.15) is 11.5 Å². The third kappa shape index (κ3) is 2.80. The van der Waals surface area contributed by atoms with E-state index in [1.54, 1.807) is 0 Å². The van der Waals surface area contributed by atoms with Gasteiger partial charge in [-0.3, -0.25) is 4.68 Å². The Labute approximate surface area is 179 Å². The summed E-state index contributed by atoms with van der Waals surface area (Å²) in [4.78, 5) is 2.42. The molecule has 7 nitrogen and oxygen atoms in total. The van der Waals surface area contributed by atoms with Crippen molar-refractivity contribution in [2.24, 2.45) is 0 Å². The fourth-order valence-corrected chi connectivity index (χ4v) is 4.81. The first-order valence-electron chi connectivity index (χ1n) is 10.3. The molecular weight excluding hydrogens is 398 g/mol. The number of halogens is 1. The Morgan fingerprint density at radius 2 is 2.07 bits per heavy atom. The molecule has 0 bridgehead atoms. The number of nitrogens with one attached hydrogen (secondary N) is 1. The first kappa shape index (κ1) is 17.9. The zero-order chi connectivity index (χ0) is 20.2. The third-order valence-corrected chi connectivity index (χ3v) is 6.46. The normalized spacial score (nSPS) is 22.6. The van der Waals surface area contributed by atoms with E-state index in [4.69, 9.17) is 16.7 Å². The number of hydrogen-bond acceptors (Lipinski definition) is 5. The van der Waals surface area contributed by atoms with E-state index in [1.165, 1.54) is 5.56 Å². The highest BCUT2D eigenvalue weighted by atomic mass is 35.5. The molecule has 0 aliphatic carbocycles. The van der Waals surface area contributed by atoms with Crippen LogP contribution in [0.1, 0.15) is 35.0 Å². The van der Waals surface area contributed by atoms with Gasteiger partial charge >= 0.3 is 0 Å². The Morgan fingerprint density at radius 3 is 2.87 bits per heavy atom. The molecule has 0 radical (unpaired) electrons. The molecule has 6 rings (SSSR count). The molecule has 5 heterocycles. The highest BCUT2D eigenvalue weighted by Crippen LogP contribution is 2.41. The molecule has 0 amide bonds. The number of nitrogens with zero attached hydrogens (tertiary/aromatic N) is 6. The Bertz CT molecular complexity index is 1170. The minimum absolute atomic E-state index is 0.143. The smallest absolute Gasteiger partial charge is 0.157 e. The minimum atomic E-state index is 0.143. The number of rotatable bonds is 4. The van der Waals surface area contributed by atoms with E-state index < -0.39 is 0 Å². The summed E-state index contributed by atoms with van der Waals surface area (Å²) in [6.45, 7) is 4.72. The lowest BCUT2D eigenvalue weighted by molar-refractivity contribution is 0.296. The SMILES string of the molecule is Cc1nnc2n1C1C=C(c3ccn(C4CNC4)n3)N(Cc3cccc(Cl)c3)C1C=C2. The lowest BCUT2D eigenvalue weighted by Crippen LogP contribution is -2.43. The maximum atomic E-state index is 6.27. The Morgan fingerprint density at radius 1 is 1.17 bits per heavy atom. The molecule has 30 heavy (non-hydrogen) atoms. The molecule has 152 valence electrons. The van der Waals surface area contributed by atoms with Crippen molar-refractivity contribution in [3.63, 3.8) is 0 Å². The van der Waals surface area contributed by atoms with Gasteiger partial charge in [0.05, 0.1) is 23.8 Å². The molecular formula is C22H22ClN7. The Kier molecular flexibility index (Phi) is 4.07. The van der Waals surface area contributed by atoms with Crippen molar-refractivity contribution in [3.05, 3.63) is 76.6 Å². The molecule has 0 saturated carbocycles. The van der Waals surface area contributed by atoms with E-state index in [0.717, 1.165) is 47.7 Å². The van der Waals surface area contributed by atoms with E-state index in [2.05, 4.69) is 66.2 Å². The van der Waals surface area contributed by atoms with Gasteiger partial charge in [0.15, 0.2) is 5.82 Å². The summed E-state index contributed by atoms with van der Waals surface area (Å²) in [7, 11) is 0. The topological polar surface area (TPSA) is 63.8 Å². The van der Waals surface area contributed by atoms with Gasteiger partial charge in [-0.15, -0.1) is 10.2 Å². The first-order valence-corrected chi connectivity index (χ1v) is 10.6. The molecule has 1 N–H and O–H groups in total. The molecule has 0 spiro atoms. The molecule has 2 aromatic heterocycles. The summed E-state index contributed by atoms with van der Waals surface area (Å²) >= 11 is 6.27. The van der Waals surface area contributed by atoms with Crippen LogP contribution in [0.3, 0.4) is 0 Å². The van der Waals surface area contributed by atoms with Crippen LogP contribution in [0, 0.1) is 6.92 Å². The van der Waals surface area contributed by atoms with E-state index in [9.17, 15) is 0 Å². The van der Waals surface area contributed by atoms with Crippen LogP contribution < -0.4 is 5.32 Å². The lowest BCUT2D eigenvalue weighted by Gasteiger charge is -2.33. The van der Waals surface area contributed by atoms with Crippen LogP contribution in [0.5, 0.6) is 0 Å². The summed E-state index contributed by atoms with van der Waals surface area (Å²) in [5.41, 5.74) is 3.32. The number of benzene rings is 1. The number of aryl methyl sites for hydroxylation is 1. The van der Waals surface area contributed by atoms with Crippen LogP contribution in [-0.2, 0) is 6.54 Å². The van der Waals surface area contributed by atoms with Crippen LogP contribution in [0.4, 0.5) is 0 Å². The first-order chi connectivity index (χ1) is 14.7. The number of hydrogen-bond donors (Lipinski definition) is 1. The van der Waals surface area contributed by atoms with Gasteiger partial charge in [0.2, 0.25) is 0 Å². The van der Waals surface area contributed by atoms with Gasteiger partial charge in [-0.2, -0.15) is 5.10 Å². The molecule has 1 saturated heterocycles. The van der Waals surface area contributed by atoms with Crippen LogP contribution >= 0.6 is 11.6 Å². The van der Waals surface area contributed by atoms with Gasteiger partial charge in [0, 0.05) is 30.9 Å². The lowest BCUT2D eigenvalue weighted by atomic mass is 10.1. The molecule has 3 aromatic rings. The molecule has 2 unspecified atom stereocenters. The maximum absolute atomic E-state index is 6.27. The van der Waals surface area contributed by atoms with Crippen LogP contribution in [0.25, 0.3) is 11.8 Å². The average Bonchev–Trinajstić information content (AvgIpc) is 3.39. The molecule has 1 fully saturated rings. The van der Waals surface area contributed by atoms with Crippen LogP contribution in [0.15, 0.2) is 48.7 Å². The zero-order valence-electron chi connectivity index (χ0n) is 16.6. The molecule has 3 aliphatic rings. The van der Waals surface area contributed by atoms with E-state index in [0.29, 0.717) is 6.04 Å². The van der Waals surface area contributed by atoms with Crippen LogP contribution in [-0.4, -0.2) is 48.6 Å². The summed E-state index contributed by atoms with van der Waals surface area (Å²) in [6, 6.07) is 11.0. The zero-order valence-corrected chi connectivity index (χ0v) is 17.4. The average molecular weight is 420 g/mol. The summed E-state index contributed by atoms with van der Waals surface area (Å²) < 4.78 is 4.30. The molecule has 1 aromatic carbocycles. The quantitative estimate of drug-likeness (QED) is 0.704. The minimum Gasteiger partial charge on any atom is -0.357 e. The second-order valence-corrected chi connectivity index (χ2v) is 8.55. The van der Waals surface area contributed by atoms with Crippen molar-refractivity contribution in [2.75, 3.05) is 13.1 Å². The van der Waals surface area contributed by atoms with E-state index in [-0.39, 0.29) is 12.1 Å². The van der Waals surface area contributed by atoms with Gasteiger partial charge in [-0.25, -0.2) is 0 Å². The van der Waals surface area contributed by atoms with Crippen LogP contribution in [0.2, 0.25) is 5.02 Å². The molecule has 8 heteroatoms. The highest BCUT2D eigenvalue weighted by Gasteiger charge is 2.39. The van der Waals surface area contributed by atoms with E-state index in [1.807, 2.05) is 25.1 Å². The Balaban J connectivity index is 1.41. The summed E-state index contributed by atoms with van der Waals surface area (Å²) in [5, 5.41) is 17.6. The largest absolute Gasteiger partial charge is 0.357 e. The standard InChI is InChI=1S/C22H22ClN7/c1-14-25-26-22-6-5-19-21(30(14)22)10-20(18-7-8-29(27-18)17-11-24-12-17)28(19)13-15-3-2-4-16(23)9-15/h2-10,17,19,21,24H,11-13H2,1H3. The predicted octanol–water partition coefficient (Wildman–Crippen LogP) is 3.07. The van der Waals surface area contributed by atoms with Crippen molar-refractivity contribution >= 4 is 23.4 Å². The van der Waals surface area contributed by atoms with Gasteiger partial charge in [-0.1, -0.05) is 29.8 Å². The third-order valence-electron chi connectivity index (χ3n) is 6.23. The maximum Gasteiger partial charge on any atom is 0.157 e. The highest BCUT2D eigenvalue weighted by molar-refractivity contribution is 6.30. The number of aromatic nitrogens is 5. The summed E-state index contributed by atoms with van der Waals surface area (Å²) in [5.74, 6) is 1.83. The van der Waals surface area contributed by atoms with Crippen molar-refractivity contribution in [2.45, 2.75) is 31.6 Å². The Hall–Kier alpha value is -2.90. The summed E-state index contributed by atoms with van der Waals surface area (Å²) in [6.07, 6.45) is 8.70. The second kappa shape index (κ2) is 6.82. The van der Waals surface area contributed by atoms with Gasteiger partial charge < -0.3 is 14.8 Å². The van der Waals surface area contributed by atoms with E-state index >= 15 is 0 Å². The fraction of sp³-hybridized carbons (Fsp3) is 0.318. The van der Waals surface area contributed by atoms with Gasteiger partial charge in [0.25, 0.3) is 0 Å². The second-order valence-electron chi connectivity index (χ2n) is 8.12. The fourth-order valence-electron chi connectivity index (χ4n) is 4.59. The number of fused-ring (bicyclic) bond motifs is 3.